The molecule has 2 unspecified atom stereocenters. The highest BCUT2D eigenvalue weighted by Gasteiger charge is 2.35. The van der Waals surface area contributed by atoms with E-state index in [1.807, 2.05) is 11.8 Å². The zero-order valence-electron chi connectivity index (χ0n) is 23.8. The molecule has 7 heteroatoms. The van der Waals surface area contributed by atoms with E-state index in [1.165, 1.54) is 108 Å². The lowest BCUT2D eigenvalue weighted by Crippen LogP contribution is -3.00. The Balaban J connectivity index is 0.00000684. The summed E-state index contributed by atoms with van der Waals surface area (Å²) in [5, 5.41) is 3.91. The topological polar surface area (TPSA) is 51.4 Å². The third-order valence-electron chi connectivity index (χ3n) is 7.27. The van der Waals surface area contributed by atoms with Gasteiger partial charge in [0.05, 0.1) is 13.7 Å². The van der Waals surface area contributed by atoms with E-state index < -0.39 is 0 Å². The van der Waals surface area contributed by atoms with Crippen LogP contribution in [0.3, 0.4) is 0 Å². The van der Waals surface area contributed by atoms with E-state index >= 15 is 0 Å². The summed E-state index contributed by atoms with van der Waals surface area (Å²) in [5.41, 5.74) is 2.49. The zero-order chi connectivity index (χ0) is 25.8. The highest BCUT2D eigenvalue weighted by atomic mass is 35.5. The molecule has 0 bridgehead atoms. The van der Waals surface area contributed by atoms with Crippen LogP contribution in [-0.4, -0.2) is 31.7 Å². The number of amides is 1. The normalized spacial score (nSPS) is 16.6. The standard InChI is InChI=1S/C30H52N2O3S.ClH/c1-4-6-7-8-9-10-11-12-13-14-15-16-17-18-22-35-25-26-23-29(36-26)27-20-19-21-32(5-2)28(27)24-31-30(33)34-3;/h19-21,26,29H,4-18,22-25H2,1-3H3;1H. The molecule has 1 fully saturated rings. The van der Waals surface area contributed by atoms with Crippen molar-refractivity contribution in [1.82, 2.24) is 5.32 Å². The first kappa shape index (κ1) is 34.0. The zero-order valence-corrected chi connectivity index (χ0v) is 25.4. The molecule has 2 atom stereocenters. The quantitative estimate of drug-likeness (QED) is 0.173. The lowest BCUT2D eigenvalue weighted by Gasteiger charge is -2.35. The fourth-order valence-electron chi connectivity index (χ4n) is 5.00. The first-order chi connectivity index (χ1) is 17.7. The van der Waals surface area contributed by atoms with Crippen LogP contribution < -0.4 is 22.3 Å². The fraction of sp³-hybridized carbons (Fsp3) is 0.800. The van der Waals surface area contributed by atoms with Crippen LogP contribution in [-0.2, 0) is 22.6 Å². The molecule has 5 nitrogen and oxygen atoms in total. The van der Waals surface area contributed by atoms with E-state index in [2.05, 4.69) is 42.1 Å². The maximum atomic E-state index is 11.6. The van der Waals surface area contributed by atoms with Crippen molar-refractivity contribution in [1.29, 1.82) is 0 Å². The first-order valence-electron chi connectivity index (χ1n) is 14.8. The van der Waals surface area contributed by atoms with Crippen molar-refractivity contribution in [2.75, 3.05) is 20.3 Å². The van der Waals surface area contributed by atoms with E-state index in [-0.39, 0.29) is 18.5 Å². The number of nitrogens with one attached hydrogen (secondary N) is 1. The van der Waals surface area contributed by atoms with Gasteiger partial charge >= 0.3 is 6.09 Å². The molecule has 1 amide bonds. The second-order valence-corrected chi connectivity index (χ2v) is 11.7. The average molecular weight is 557 g/mol. The Labute approximate surface area is 237 Å². The van der Waals surface area contributed by atoms with Gasteiger partial charge in [0.15, 0.2) is 6.20 Å². The molecule has 0 radical (unpaired) electrons. The number of aromatic nitrogens is 1. The van der Waals surface area contributed by atoms with Crippen molar-refractivity contribution in [3.8, 4) is 0 Å². The van der Waals surface area contributed by atoms with Crippen LogP contribution >= 0.6 is 11.8 Å². The van der Waals surface area contributed by atoms with Crippen molar-refractivity contribution < 1.29 is 31.2 Å². The molecule has 2 rings (SSSR count). The Morgan fingerprint density at radius 1 is 0.973 bits per heavy atom. The number of ether oxygens (including phenoxy) is 2. The minimum absolute atomic E-state index is 0. The van der Waals surface area contributed by atoms with Gasteiger partial charge in [-0.25, -0.2) is 9.36 Å². The van der Waals surface area contributed by atoms with Crippen molar-refractivity contribution in [2.24, 2.45) is 0 Å². The monoisotopic (exact) mass is 556 g/mol. The fourth-order valence-corrected chi connectivity index (χ4v) is 6.29. The van der Waals surface area contributed by atoms with Gasteiger partial charge in [0.25, 0.3) is 0 Å². The number of pyridine rings is 1. The second-order valence-electron chi connectivity index (χ2n) is 10.2. The minimum atomic E-state index is -0.386. The number of aryl methyl sites for hydroxylation is 1. The Bertz CT molecular complexity index is 716. The number of carbonyl (C=O) groups is 1. The number of thioether (sulfide) groups is 1. The van der Waals surface area contributed by atoms with Gasteiger partial charge in [0.2, 0.25) is 5.69 Å². The lowest BCUT2D eigenvalue weighted by molar-refractivity contribution is -0.701. The second kappa shape index (κ2) is 21.9. The maximum absolute atomic E-state index is 11.6. The number of nitrogens with zero attached hydrogens (tertiary/aromatic N) is 1. The molecule has 1 aliphatic heterocycles. The Kier molecular flexibility index (Phi) is 20.2. The molecular formula is C30H53ClN2O3S. The number of unbranched alkanes of at least 4 members (excludes halogenated alkanes) is 13. The number of carbonyl (C=O) groups excluding carboxylic acids is 1. The number of hydrogen-bond acceptors (Lipinski definition) is 4. The molecule has 0 saturated carbocycles. The Morgan fingerprint density at radius 3 is 2.08 bits per heavy atom. The van der Waals surface area contributed by atoms with Crippen molar-refractivity contribution in [3.05, 3.63) is 29.6 Å². The molecule has 1 aromatic heterocycles. The predicted octanol–water partition coefficient (Wildman–Crippen LogP) is 4.90. The summed E-state index contributed by atoms with van der Waals surface area (Å²) in [4.78, 5) is 11.6. The van der Waals surface area contributed by atoms with Gasteiger partial charge in [-0.3, -0.25) is 0 Å². The Hall–Kier alpha value is -0.980. The van der Waals surface area contributed by atoms with Gasteiger partial charge in [-0.1, -0.05) is 90.4 Å². The molecule has 1 N–H and O–H groups in total. The summed E-state index contributed by atoms with van der Waals surface area (Å²) in [5.74, 6) is 0. The van der Waals surface area contributed by atoms with Gasteiger partial charge in [0, 0.05) is 28.7 Å². The van der Waals surface area contributed by atoms with Gasteiger partial charge in [-0.2, -0.15) is 0 Å². The van der Waals surface area contributed by atoms with E-state index in [1.54, 1.807) is 0 Å². The molecular weight excluding hydrogens is 504 g/mol. The van der Waals surface area contributed by atoms with Crippen LogP contribution in [0.25, 0.3) is 0 Å². The van der Waals surface area contributed by atoms with Crippen LogP contribution in [0, 0.1) is 0 Å². The highest BCUT2D eigenvalue weighted by Crippen LogP contribution is 2.49. The van der Waals surface area contributed by atoms with Crippen molar-refractivity contribution in [2.45, 2.75) is 134 Å². The van der Waals surface area contributed by atoms with Crippen LogP contribution in [0.5, 0.6) is 0 Å². The number of alkyl carbamates (subject to hydrolysis) is 1. The van der Waals surface area contributed by atoms with Gasteiger partial charge in [0.1, 0.15) is 13.1 Å². The summed E-state index contributed by atoms with van der Waals surface area (Å²) >= 11 is 2.01. The molecule has 37 heavy (non-hydrogen) atoms. The number of methoxy groups -OCH3 is 1. The number of rotatable bonds is 21. The van der Waals surface area contributed by atoms with Crippen molar-refractivity contribution >= 4 is 17.9 Å². The molecule has 1 saturated heterocycles. The SMILES string of the molecule is CCCCCCCCCCCCCCCCOCC1CC(c2ccc[n+](CC)c2CNC(=O)OC)S1.[Cl-]. The highest BCUT2D eigenvalue weighted by molar-refractivity contribution is 8.01. The van der Waals surface area contributed by atoms with Gasteiger partial charge < -0.3 is 27.2 Å². The molecule has 0 aliphatic carbocycles. The first-order valence-corrected chi connectivity index (χ1v) is 15.7. The van der Waals surface area contributed by atoms with Crippen LogP contribution in [0.1, 0.15) is 127 Å². The largest absolute Gasteiger partial charge is 1.00 e. The number of hydrogen-bond donors (Lipinski definition) is 1. The van der Waals surface area contributed by atoms with E-state index in [0.29, 0.717) is 17.0 Å². The lowest BCUT2D eigenvalue weighted by atomic mass is 10.0. The molecule has 0 aromatic carbocycles. The van der Waals surface area contributed by atoms with E-state index in [4.69, 9.17) is 9.47 Å². The van der Waals surface area contributed by atoms with Gasteiger partial charge in [-0.15, -0.1) is 11.8 Å². The maximum Gasteiger partial charge on any atom is 0.407 e. The predicted molar refractivity (Wildman–Crippen MR) is 151 cm³/mol. The molecule has 2 heterocycles. The summed E-state index contributed by atoms with van der Waals surface area (Å²) < 4.78 is 13.0. The molecule has 214 valence electrons. The molecule has 1 aliphatic rings. The van der Waals surface area contributed by atoms with Crippen LogP contribution in [0.2, 0.25) is 0 Å². The summed E-state index contributed by atoms with van der Waals surface area (Å²) in [6, 6.07) is 4.31. The van der Waals surface area contributed by atoms with Crippen molar-refractivity contribution in [3.63, 3.8) is 0 Å². The smallest absolute Gasteiger partial charge is 0.407 e. The molecule has 1 aromatic rings. The Morgan fingerprint density at radius 2 is 1.54 bits per heavy atom. The third-order valence-corrected chi connectivity index (χ3v) is 8.76. The average Bonchev–Trinajstić information content (AvgIpc) is 2.87. The summed E-state index contributed by atoms with van der Waals surface area (Å²) in [6.07, 6.45) is 22.3. The van der Waals surface area contributed by atoms with E-state index in [9.17, 15) is 4.79 Å². The summed E-state index contributed by atoms with van der Waals surface area (Å²) in [7, 11) is 1.40. The summed E-state index contributed by atoms with van der Waals surface area (Å²) in [6.45, 7) is 7.55. The van der Waals surface area contributed by atoms with E-state index in [0.717, 1.165) is 26.2 Å². The number of halogens is 1. The third kappa shape index (κ3) is 14.1. The van der Waals surface area contributed by atoms with Crippen LogP contribution in [0.15, 0.2) is 18.3 Å². The van der Waals surface area contributed by atoms with Crippen LogP contribution in [0.4, 0.5) is 4.79 Å². The van der Waals surface area contributed by atoms with Gasteiger partial charge in [-0.05, 0) is 25.8 Å². The molecule has 0 spiro atoms. The minimum Gasteiger partial charge on any atom is -1.00 e.